The Morgan fingerprint density at radius 2 is 1.77 bits per heavy atom. The van der Waals surface area contributed by atoms with Gasteiger partial charge in [0.15, 0.2) is 0 Å². The van der Waals surface area contributed by atoms with Crippen molar-refractivity contribution < 1.29 is 18.2 Å². The Bertz CT molecular complexity index is 892. The van der Waals surface area contributed by atoms with Gasteiger partial charge in [-0.3, -0.25) is 5.41 Å². The smallest absolute Gasteiger partial charge is 0.377 e. The van der Waals surface area contributed by atoms with E-state index in [-0.39, 0.29) is 23.9 Å². The molecule has 0 spiro atoms. The molecule has 30 heavy (non-hydrogen) atoms. The standard InChI is InChI=1S/C21H29BN3O4S/c1-16(2)13-25(30(27,28)19-10-8-18(24)9-11-19)14-21(26)20(22-29-15-23)12-17-6-4-3-5-7-17/h3-11,15-16,20-21,23,26H,12-14,24H2,1-2H3/t20-,21+/m0/s1. The second-order valence-electron chi connectivity index (χ2n) is 7.60. The van der Waals surface area contributed by atoms with Crippen LogP contribution < -0.4 is 5.73 Å². The zero-order valence-electron chi connectivity index (χ0n) is 17.3. The summed E-state index contributed by atoms with van der Waals surface area (Å²) in [4.78, 5) is 0.129. The minimum Gasteiger partial charge on any atom is -0.555 e. The Labute approximate surface area is 179 Å². The maximum Gasteiger partial charge on any atom is 0.377 e. The number of nitrogens with zero attached hydrogens (tertiary/aromatic N) is 1. The SMILES string of the molecule is CC(C)CN(C[C@@H](O)[C@@H]([B]OC=N)Cc1ccccc1)S(=O)(=O)c1ccc(N)cc1. The lowest BCUT2D eigenvalue weighted by atomic mass is 9.72. The van der Waals surface area contributed by atoms with Gasteiger partial charge >= 0.3 is 7.48 Å². The van der Waals surface area contributed by atoms with Crippen molar-refractivity contribution in [2.45, 2.75) is 37.1 Å². The summed E-state index contributed by atoms with van der Waals surface area (Å²) in [7, 11) is -2.43. The fourth-order valence-corrected chi connectivity index (χ4v) is 4.73. The number of hydrogen-bond donors (Lipinski definition) is 3. The molecular formula is C21H29BN3O4S. The molecule has 0 amide bonds. The highest BCUT2D eigenvalue weighted by molar-refractivity contribution is 7.89. The van der Waals surface area contributed by atoms with Gasteiger partial charge in [0.25, 0.3) is 0 Å². The Morgan fingerprint density at radius 1 is 1.13 bits per heavy atom. The molecule has 0 heterocycles. The van der Waals surface area contributed by atoms with Crippen LogP contribution in [0.15, 0.2) is 59.5 Å². The van der Waals surface area contributed by atoms with Crippen LogP contribution in [0.1, 0.15) is 19.4 Å². The molecular weight excluding hydrogens is 401 g/mol. The quantitative estimate of drug-likeness (QED) is 0.207. The van der Waals surface area contributed by atoms with Gasteiger partial charge in [-0.2, -0.15) is 4.31 Å². The summed E-state index contributed by atoms with van der Waals surface area (Å²) in [5.41, 5.74) is 7.14. The van der Waals surface area contributed by atoms with Crippen molar-refractivity contribution in [2.24, 2.45) is 5.92 Å². The molecule has 0 aromatic heterocycles. The van der Waals surface area contributed by atoms with Crippen molar-refractivity contribution in [3.63, 3.8) is 0 Å². The average Bonchev–Trinajstić information content (AvgIpc) is 2.71. The normalized spacial score (nSPS) is 13.8. The van der Waals surface area contributed by atoms with Crippen LogP contribution in [0.5, 0.6) is 0 Å². The van der Waals surface area contributed by atoms with E-state index in [4.69, 9.17) is 15.8 Å². The first kappa shape index (κ1) is 23.9. The van der Waals surface area contributed by atoms with Gasteiger partial charge in [-0.15, -0.1) is 0 Å². The van der Waals surface area contributed by atoms with Gasteiger partial charge in [-0.05, 0) is 42.2 Å². The van der Waals surface area contributed by atoms with Crippen molar-refractivity contribution in [3.8, 4) is 0 Å². The fraction of sp³-hybridized carbons (Fsp3) is 0.381. The zero-order chi connectivity index (χ0) is 22.1. The molecule has 0 aliphatic rings. The summed E-state index contributed by atoms with van der Waals surface area (Å²) in [6.07, 6.45) is 0.210. The van der Waals surface area contributed by atoms with E-state index in [9.17, 15) is 13.5 Å². The van der Waals surface area contributed by atoms with Crippen molar-refractivity contribution >= 4 is 29.6 Å². The van der Waals surface area contributed by atoms with E-state index >= 15 is 0 Å². The van der Waals surface area contributed by atoms with Gasteiger partial charge in [-0.1, -0.05) is 44.2 Å². The number of hydrogen-bond acceptors (Lipinski definition) is 6. The van der Waals surface area contributed by atoms with Gasteiger partial charge in [0.2, 0.25) is 10.0 Å². The molecule has 2 rings (SSSR count). The number of nitrogens with one attached hydrogen (secondary N) is 1. The number of aliphatic hydroxyl groups is 1. The monoisotopic (exact) mass is 430 g/mol. The molecule has 0 saturated heterocycles. The molecule has 4 N–H and O–H groups in total. The van der Waals surface area contributed by atoms with E-state index < -0.39 is 21.9 Å². The van der Waals surface area contributed by atoms with Crippen molar-refractivity contribution in [3.05, 3.63) is 60.2 Å². The average molecular weight is 430 g/mol. The molecule has 0 fully saturated rings. The second kappa shape index (κ2) is 11.1. The topological polar surface area (TPSA) is 117 Å². The van der Waals surface area contributed by atoms with Crippen LogP contribution in [0, 0.1) is 11.3 Å². The Kier molecular flexibility index (Phi) is 8.89. The molecule has 0 aliphatic heterocycles. The lowest BCUT2D eigenvalue weighted by molar-refractivity contribution is 0.130. The third-order valence-electron chi connectivity index (χ3n) is 4.61. The molecule has 2 aromatic carbocycles. The van der Waals surface area contributed by atoms with Crippen LogP contribution in [-0.4, -0.2) is 50.9 Å². The van der Waals surface area contributed by atoms with Gasteiger partial charge in [0.05, 0.1) is 11.0 Å². The zero-order valence-corrected chi connectivity index (χ0v) is 18.1. The molecule has 161 valence electrons. The summed E-state index contributed by atoms with van der Waals surface area (Å²) < 4.78 is 32.7. The third kappa shape index (κ3) is 6.86. The summed E-state index contributed by atoms with van der Waals surface area (Å²) >= 11 is 0. The number of rotatable bonds is 12. The van der Waals surface area contributed by atoms with Crippen molar-refractivity contribution in [1.29, 1.82) is 5.41 Å². The first-order valence-corrected chi connectivity index (χ1v) is 11.2. The van der Waals surface area contributed by atoms with Crippen LogP contribution in [-0.2, 0) is 21.1 Å². The predicted molar refractivity (Wildman–Crippen MR) is 120 cm³/mol. The fourth-order valence-electron chi connectivity index (χ4n) is 3.11. The second-order valence-corrected chi connectivity index (χ2v) is 9.53. The number of aliphatic hydroxyl groups excluding tert-OH is 1. The van der Waals surface area contributed by atoms with Gasteiger partial charge in [0.1, 0.15) is 6.40 Å². The maximum absolute atomic E-state index is 13.2. The largest absolute Gasteiger partial charge is 0.555 e. The third-order valence-corrected chi connectivity index (χ3v) is 6.45. The van der Waals surface area contributed by atoms with Crippen LogP contribution in [0.2, 0.25) is 5.82 Å². The van der Waals surface area contributed by atoms with Gasteiger partial charge in [-0.25, -0.2) is 8.42 Å². The minimum atomic E-state index is -3.82. The van der Waals surface area contributed by atoms with Crippen LogP contribution >= 0.6 is 0 Å². The first-order valence-electron chi connectivity index (χ1n) is 9.79. The predicted octanol–water partition coefficient (Wildman–Crippen LogP) is 2.55. The summed E-state index contributed by atoms with van der Waals surface area (Å²) in [6, 6.07) is 15.6. The molecule has 2 aromatic rings. The minimum absolute atomic E-state index is 0.0649. The van der Waals surface area contributed by atoms with E-state index in [1.54, 1.807) is 12.1 Å². The van der Waals surface area contributed by atoms with Gasteiger partial charge in [0, 0.05) is 24.6 Å². The summed E-state index contributed by atoms with van der Waals surface area (Å²) in [6.45, 7) is 4.00. The van der Waals surface area contributed by atoms with Crippen LogP contribution in [0.25, 0.3) is 0 Å². The molecule has 0 bridgehead atoms. The Hall–Kier alpha value is -2.36. The molecule has 9 heteroatoms. The number of benzene rings is 2. The molecule has 7 nitrogen and oxygen atoms in total. The Balaban J connectivity index is 2.25. The lowest BCUT2D eigenvalue weighted by Crippen LogP contribution is -2.42. The van der Waals surface area contributed by atoms with Gasteiger partial charge < -0.3 is 15.5 Å². The number of nitrogen functional groups attached to an aromatic ring is 1. The highest BCUT2D eigenvalue weighted by Gasteiger charge is 2.31. The molecule has 0 aliphatic carbocycles. The summed E-state index contributed by atoms with van der Waals surface area (Å²) in [5, 5.41) is 18.0. The highest BCUT2D eigenvalue weighted by atomic mass is 32.2. The van der Waals surface area contributed by atoms with E-state index in [0.29, 0.717) is 12.1 Å². The van der Waals surface area contributed by atoms with E-state index in [1.807, 2.05) is 44.2 Å². The van der Waals surface area contributed by atoms with Crippen molar-refractivity contribution in [1.82, 2.24) is 4.31 Å². The number of sulfonamides is 1. The lowest BCUT2D eigenvalue weighted by Gasteiger charge is -2.29. The van der Waals surface area contributed by atoms with E-state index in [1.165, 1.54) is 23.9 Å². The Morgan fingerprint density at radius 3 is 2.33 bits per heavy atom. The van der Waals surface area contributed by atoms with Crippen LogP contribution in [0.4, 0.5) is 5.69 Å². The number of nitrogens with two attached hydrogens (primary N) is 1. The first-order chi connectivity index (χ1) is 14.2. The number of anilines is 1. The van der Waals surface area contributed by atoms with E-state index in [0.717, 1.165) is 12.0 Å². The van der Waals surface area contributed by atoms with Crippen molar-refractivity contribution in [2.75, 3.05) is 18.8 Å². The van der Waals surface area contributed by atoms with Crippen LogP contribution in [0.3, 0.4) is 0 Å². The van der Waals surface area contributed by atoms with E-state index in [2.05, 4.69) is 0 Å². The molecule has 1 radical (unpaired) electrons. The maximum atomic E-state index is 13.2. The molecule has 2 atom stereocenters. The highest BCUT2D eigenvalue weighted by Crippen LogP contribution is 2.23. The molecule has 0 unspecified atom stereocenters. The molecule has 0 saturated carbocycles. The summed E-state index contributed by atoms with van der Waals surface area (Å²) in [5.74, 6) is -0.430.